The Morgan fingerprint density at radius 2 is 1.79 bits per heavy atom. The van der Waals surface area contributed by atoms with E-state index in [2.05, 4.69) is 10.1 Å². The second-order valence-corrected chi connectivity index (χ2v) is 5.86. The first-order valence-electron chi connectivity index (χ1n) is 8.09. The Morgan fingerprint density at radius 1 is 1.07 bits per heavy atom. The second-order valence-electron chi connectivity index (χ2n) is 5.45. The molecule has 0 aromatic heterocycles. The molecule has 0 fully saturated rings. The van der Waals surface area contributed by atoms with Crippen molar-refractivity contribution in [3.63, 3.8) is 0 Å². The van der Waals surface area contributed by atoms with Gasteiger partial charge in [0.15, 0.2) is 6.61 Å². The quantitative estimate of drug-likeness (QED) is 0.563. The van der Waals surface area contributed by atoms with Crippen LogP contribution in [0.4, 0.5) is 5.69 Å². The zero-order chi connectivity index (χ0) is 20.5. The highest BCUT2D eigenvalue weighted by Crippen LogP contribution is 2.27. The van der Waals surface area contributed by atoms with E-state index in [1.807, 2.05) is 0 Å². The van der Waals surface area contributed by atoms with Crippen LogP contribution in [-0.2, 0) is 19.1 Å². The molecule has 0 unspecified atom stereocenters. The Hall–Kier alpha value is -3.32. The van der Waals surface area contributed by atoms with Crippen molar-refractivity contribution in [3.05, 3.63) is 64.7 Å². The Labute approximate surface area is 166 Å². The molecule has 0 spiro atoms. The molecule has 0 atom stereocenters. The van der Waals surface area contributed by atoms with E-state index < -0.39 is 24.5 Å². The summed E-state index contributed by atoms with van der Waals surface area (Å²) < 4.78 is 14.5. The van der Waals surface area contributed by atoms with Gasteiger partial charge in [-0.05, 0) is 42.0 Å². The van der Waals surface area contributed by atoms with E-state index in [0.29, 0.717) is 27.6 Å². The van der Waals surface area contributed by atoms with Gasteiger partial charge in [0.2, 0.25) is 0 Å². The number of halogens is 1. The zero-order valence-corrected chi connectivity index (χ0v) is 16.0. The predicted octanol–water partition coefficient (Wildman–Crippen LogP) is 3.33. The molecule has 0 saturated heterocycles. The van der Waals surface area contributed by atoms with Crippen molar-refractivity contribution < 1.29 is 28.6 Å². The van der Waals surface area contributed by atoms with Crippen LogP contribution in [0.3, 0.4) is 0 Å². The minimum absolute atomic E-state index is 0.346. The number of rotatable bonds is 7. The first kappa shape index (κ1) is 21.0. The van der Waals surface area contributed by atoms with E-state index in [1.165, 1.54) is 32.4 Å². The van der Waals surface area contributed by atoms with Crippen molar-refractivity contribution in [1.82, 2.24) is 0 Å². The highest BCUT2D eigenvalue weighted by atomic mass is 35.5. The molecule has 8 heteroatoms. The highest BCUT2D eigenvalue weighted by Gasteiger charge is 2.08. The van der Waals surface area contributed by atoms with Crippen LogP contribution in [0.25, 0.3) is 6.08 Å². The minimum Gasteiger partial charge on any atom is -0.495 e. The summed E-state index contributed by atoms with van der Waals surface area (Å²) in [4.78, 5) is 34.9. The van der Waals surface area contributed by atoms with Gasteiger partial charge in [-0.2, -0.15) is 0 Å². The summed E-state index contributed by atoms with van der Waals surface area (Å²) in [5.74, 6) is -1.15. The lowest BCUT2D eigenvalue weighted by Crippen LogP contribution is -2.20. The number of benzene rings is 2. The number of hydrogen-bond donors (Lipinski definition) is 1. The molecule has 2 rings (SSSR count). The molecule has 0 aliphatic carbocycles. The number of ether oxygens (including phenoxy) is 3. The van der Waals surface area contributed by atoms with Crippen LogP contribution in [0.2, 0.25) is 5.02 Å². The summed E-state index contributed by atoms with van der Waals surface area (Å²) in [5.41, 5.74) is 1.53. The van der Waals surface area contributed by atoms with Gasteiger partial charge in [0, 0.05) is 11.8 Å². The van der Waals surface area contributed by atoms with Gasteiger partial charge < -0.3 is 19.5 Å². The van der Waals surface area contributed by atoms with Gasteiger partial charge in [0.25, 0.3) is 5.91 Å². The summed E-state index contributed by atoms with van der Waals surface area (Å²) in [6, 6.07) is 11.2. The van der Waals surface area contributed by atoms with E-state index in [9.17, 15) is 14.4 Å². The number of methoxy groups -OCH3 is 2. The number of esters is 2. The third kappa shape index (κ3) is 6.14. The zero-order valence-electron chi connectivity index (χ0n) is 15.2. The fraction of sp³-hybridized carbons (Fsp3) is 0.150. The van der Waals surface area contributed by atoms with E-state index in [1.54, 1.807) is 36.4 Å². The molecule has 0 heterocycles. The number of carbonyl (C=O) groups excluding carboxylic acids is 3. The minimum atomic E-state index is -0.681. The Bertz CT molecular complexity index is 892. The lowest BCUT2D eigenvalue weighted by atomic mass is 10.1. The molecule has 1 N–H and O–H groups in total. The molecule has 146 valence electrons. The Morgan fingerprint density at radius 3 is 2.39 bits per heavy atom. The van der Waals surface area contributed by atoms with E-state index >= 15 is 0 Å². The van der Waals surface area contributed by atoms with Crippen LogP contribution >= 0.6 is 11.6 Å². The van der Waals surface area contributed by atoms with Gasteiger partial charge in [0.05, 0.1) is 24.8 Å². The molecular formula is C20H18ClNO6. The number of anilines is 1. The first-order valence-corrected chi connectivity index (χ1v) is 8.47. The fourth-order valence-corrected chi connectivity index (χ4v) is 2.40. The SMILES string of the molecule is COC(=O)c1ccc(/C=C/C(=O)OCC(=O)Nc2ccc(OC)c(Cl)c2)cc1. The molecule has 2 aromatic carbocycles. The third-order valence-electron chi connectivity index (χ3n) is 3.52. The van der Waals surface area contributed by atoms with Crippen LogP contribution in [0.15, 0.2) is 48.5 Å². The van der Waals surface area contributed by atoms with Gasteiger partial charge in [-0.15, -0.1) is 0 Å². The molecule has 28 heavy (non-hydrogen) atoms. The standard InChI is InChI=1S/C20H18ClNO6/c1-26-17-9-8-15(11-16(17)21)22-18(23)12-28-19(24)10-5-13-3-6-14(7-4-13)20(25)27-2/h3-11H,12H2,1-2H3,(H,22,23)/b10-5+. The normalized spacial score (nSPS) is 10.4. The average molecular weight is 404 g/mol. The molecule has 0 bridgehead atoms. The van der Waals surface area contributed by atoms with Crippen molar-refractivity contribution in [2.75, 3.05) is 26.1 Å². The fourth-order valence-electron chi connectivity index (χ4n) is 2.14. The number of carbonyl (C=O) groups is 3. The third-order valence-corrected chi connectivity index (χ3v) is 3.82. The largest absolute Gasteiger partial charge is 0.495 e. The molecule has 0 saturated carbocycles. The predicted molar refractivity (Wildman–Crippen MR) is 104 cm³/mol. The molecule has 0 aliphatic heterocycles. The lowest BCUT2D eigenvalue weighted by Gasteiger charge is -2.08. The van der Waals surface area contributed by atoms with Crippen molar-refractivity contribution >= 4 is 41.2 Å². The van der Waals surface area contributed by atoms with Crippen LogP contribution in [0, 0.1) is 0 Å². The summed E-state index contributed by atoms with van der Waals surface area (Å²) in [6.45, 7) is -0.450. The van der Waals surface area contributed by atoms with Gasteiger partial charge in [-0.3, -0.25) is 4.79 Å². The first-order chi connectivity index (χ1) is 13.4. The Kier molecular flexibility index (Phi) is 7.59. The lowest BCUT2D eigenvalue weighted by molar-refractivity contribution is -0.142. The molecular weight excluding hydrogens is 386 g/mol. The maximum absolute atomic E-state index is 11.9. The van der Waals surface area contributed by atoms with Gasteiger partial charge in [0.1, 0.15) is 5.75 Å². The smallest absolute Gasteiger partial charge is 0.337 e. The van der Waals surface area contributed by atoms with Crippen molar-refractivity contribution in [2.45, 2.75) is 0 Å². The van der Waals surface area contributed by atoms with Crippen LogP contribution in [0.1, 0.15) is 15.9 Å². The topological polar surface area (TPSA) is 90.9 Å². The molecule has 0 aliphatic rings. The van der Waals surface area contributed by atoms with E-state index in [0.717, 1.165) is 0 Å². The number of nitrogens with one attached hydrogen (secondary N) is 1. The molecule has 2 aromatic rings. The maximum Gasteiger partial charge on any atom is 0.337 e. The van der Waals surface area contributed by atoms with Crippen molar-refractivity contribution in [1.29, 1.82) is 0 Å². The summed E-state index contributed by atoms with van der Waals surface area (Å²) in [5, 5.41) is 2.91. The molecule has 7 nitrogen and oxygen atoms in total. The van der Waals surface area contributed by atoms with Crippen molar-refractivity contribution in [3.8, 4) is 5.75 Å². The number of amides is 1. The summed E-state index contributed by atoms with van der Waals surface area (Å²) >= 11 is 5.98. The second kappa shape index (κ2) is 10.1. The van der Waals surface area contributed by atoms with Gasteiger partial charge in [-0.25, -0.2) is 9.59 Å². The van der Waals surface area contributed by atoms with Gasteiger partial charge >= 0.3 is 11.9 Å². The Balaban J connectivity index is 1.82. The van der Waals surface area contributed by atoms with E-state index in [4.69, 9.17) is 21.1 Å². The highest BCUT2D eigenvalue weighted by molar-refractivity contribution is 6.32. The van der Waals surface area contributed by atoms with Crippen molar-refractivity contribution in [2.24, 2.45) is 0 Å². The van der Waals surface area contributed by atoms with E-state index in [-0.39, 0.29) is 0 Å². The number of hydrogen-bond acceptors (Lipinski definition) is 6. The van der Waals surface area contributed by atoms with Crippen LogP contribution in [-0.4, -0.2) is 38.7 Å². The summed E-state index contributed by atoms with van der Waals surface area (Å²) in [6.07, 6.45) is 2.69. The van der Waals surface area contributed by atoms with Crippen LogP contribution < -0.4 is 10.1 Å². The average Bonchev–Trinajstić information content (AvgIpc) is 2.70. The molecule has 0 radical (unpaired) electrons. The summed E-state index contributed by atoms with van der Waals surface area (Å²) in [7, 11) is 2.78. The van der Waals surface area contributed by atoms with Gasteiger partial charge in [-0.1, -0.05) is 23.7 Å². The molecule has 1 amide bonds. The maximum atomic E-state index is 11.9. The van der Waals surface area contributed by atoms with Crippen LogP contribution in [0.5, 0.6) is 5.75 Å². The monoisotopic (exact) mass is 403 g/mol.